The van der Waals surface area contributed by atoms with Gasteiger partial charge >= 0.3 is 51.4 Å². The van der Waals surface area contributed by atoms with Crippen molar-refractivity contribution in [3.05, 3.63) is 60.4 Å². The van der Waals surface area contributed by atoms with E-state index in [4.69, 9.17) is 9.47 Å². The van der Waals surface area contributed by atoms with E-state index >= 15 is 0 Å². The molecule has 0 aliphatic carbocycles. The standard InChI is InChI=1S/C15H11N2O2S.K.H2O/c1-11-5-4-7-13(17-11)19-15-9-8-14(20-15)18-12-6-2-3-10-16-12;;/h2-9H,1H3;;1H2/q-1;+1;/p+1. The molecule has 108 valence electrons. The molecule has 0 amide bonds. The number of nitrogens with zero attached hydrogens (tertiary/aromatic N) is 2. The van der Waals surface area contributed by atoms with Gasteiger partial charge in [-0.2, -0.15) is 12.1 Å². The molecule has 3 heterocycles. The van der Waals surface area contributed by atoms with Crippen LogP contribution < -0.4 is 60.9 Å². The van der Waals surface area contributed by atoms with Crippen LogP contribution in [0.3, 0.4) is 0 Å². The van der Waals surface area contributed by atoms with Gasteiger partial charge in [-0.05, 0) is 25.1 Å². The van der Waals surface area contributed by atoms with Gasteiger partial charge in [-0.3, -0.25) is 0 Å². The first kappa shape index (κ1) is 19.2. The van der Waals surface area contributed by atoms with Crippen molar-refractivity contribution in [3.63, 3.8) is 0 Å². The summed E-state index contributed by atoms with van der Waals surface area (Å²) in [5.74, 6) is 1.08. The van der Waals surface area contributed by atoms with Gasteiger partial charge < -0.3 is 19.9 Å². The third kappa shape index (κ3) is 5.44. The average Bonchev–Trinajstić information content (AvgIpc) is 2.87. The van der Waals surface area contributed by atoms with E-state index in [2.05, 4.69) is 16.2 Å². The second kappa shape index (κ2) is 9.36. The first-order chi connectivity index (χ1) is 9.79. The molecule has 7 heteroatoms. The van der Waals surface area contributed by atoms with Crippen LogP contribution in [0.1, 0.15) is 5.69 Å². The summed E-state index contributed by atoms with van der Waals surface area (Å²) in [6.45, 7) is 1.92. The van der Waals surface area contributed by atoms with Crippen molar-refractivity contribution < 1.29 is 66.3 Å². The molecule has 0 saturated carbocycles. The quantitative estimate of drug-likeness (QED) is 0.389. The van der Waals surface area contributed by atoms with Crippen LogP contribution >= 0.6 is 11.3 Å². The zero-order valence-corrected chi connectivity index (χ0v) is 16.3. The van der Waals surface area contributed by atoms with Crippen LogP contribution in [-0.4, -0.2) is 9.97 Å². The molecule has 3 aromatic rings. The third-order valence-electron chi connectivity index (χ3n) is 2.41. The summed E-state index contributed by atoms with van der Waals surface area (Å²) < 4.78 is 11.3. The van der Waals surface area contributed by atoms with E-state index in [0.29, 0.717) is 16.8 Å². The number of ether oxygens (including phenoxy) is 2. The fraction of sp³-hybridized carbons (Fsp3) is 0.0667. The Labute approximate surface area is 175 Å². The van der Waals surface area contributed by atoms with Crippen LogP contribution in [0.15, 0.2) is 48.5 Å². The summed E-state index contributed by atoms with van der Waals surface area (Å²) in [7, 11) is 0. The maximum Gasteiger partial charge on any atom is 1.00 e. The molecule has 0 bridgehead atoms. The number of hydrogen-bond donors (Lipinski definition) is 0. The SMILES string of the molecule is Cc1cccc(Oc2ccc(Oc3ccc[c-]n3)s2)n1.[K+].[OH3+]. The molecule has 3 N–H and O–H groups in total. The van der Waals surface area contributed by atoms with Crippen LogP contribution in [0.4, 0.5) is 0 Å². The Hall–Kier alpha value is -0.804. The molecule has 3 aromatic heterocycles. The molecule has 0 aliphatic rings. The van der Waals surface area contributed by atoms with Gasteiger partial charge in [-0.25, -0.2) is 4.98 Å². The molecule has 0 aromatic carbocycles. The third-order valence-corrected chi connectivity index (χ3v) is 3.26. The van der Waals surface area contributed by atoms with Crippen molar-refractivity contribution in [2.75, 3.05) is 0 Å². The summed E-state index contributed by atoms with van der Waals surface area (Å²) in [5, 5.41) is 1.43. The van der Waals surface area contributed by atoms with E-state index in [1.807, 2.05) is 43.3 Å². The molecular weight excluding hydrogens is 327 g/mol. The van der Waals surface area contributed by atoms with Crippen molar-refractivity contribution >= 4 is 11.3 Å². The molecule has 0 spiro atoms. The van der Waals surface area contributed by atoms with Crippen molar-refractivity contribution in [2.24, 2.45) is 0 Å². The zero-order chi connectivity index (χ0) is 13.8. The van der Waals surface area contributed by atoms with Gasteiger partial charge in [0.25, 0.3) is 0 Å². The van der Waals surface area contributed by atoms with E-state index in [9.17, 15) is 0 Å². The van der Waals surface area contributed by atoms with Crippen LogP contribution in [0.2, 0.25) is 0 Å². The molecule has 0 radical (unpaired) electrons. The predicted molar refractivity (Wildman–Crippen MR) is 81.4 cm³/mol. The summed E-state index contributed by atoms with van der Waals surface area (Å²) in [6, 6.07) is 14.7. The number of thiophene rings is 1. The number of rotatable bonds is 4. The van der Waals surface area contributed by atoms with Crippen molar-refractivity contribution in [3.8, 4) is 21.9 Å². The van der Waals surface area contributed by atoms with Gasteiger partial charge in [0.1, 0.15) is 5.88 Å². The predicted octanol–water partition coefficient (Wildman–Crippen LogP) is 0.313. The van der Waals surface area contributed by atoms with Crippen molar-refractivity contribution in [1.82, 2.24) is 9.97 Å². The van der Waals surface area contributed by atoms with E-state index in [1.165, 1.54) is 11.3 Å². The van der Waals surface area contributed by atoms with Gasteiger partial charge in [-0.1, -0.05) is 23.6 Å². The zero-order valence-electron chi connectivity index (χ0n) is 12.3. The number of hydrogen-bond acceptors (Lipinski definition) is 5. The topological polar surface area (TPSA) is 77.2 Å². The van der Waals surface area contributed by atoms with E-state index in [0.717, 1.165) is 10.8 Å². The Bertz CT molecular complexity index is 707. The van der Waals surface area contributed by atoms with Crippen LogP contribution in [-0.2, 0) is 5.48 Å². The minimum atomic E-state index is 0. The van der Waals surface area contributed by atoms with Gasteiger partial charge in [0, 0.05) is 11.8 Å². The van der Waals surface area contributed by atoms with Gasteiger partial charge in [0.05, 0.1) is 0 Å². The summed E-state index contributed by atoms with van der Waals surface area (Å²) in [4.78, 5) is 8.27. The average molecular weight is 341 g/mol. The first-order valence-electron chi connectivity index (χ1n) is 6.02. The number of pyridine rings is 2. The summed E-state index contributed by atoms with van der Waals surface area (Å²) in [5.41, 5.74) is 0.916. The Morgan fingerprint density at radius 1 is 0.955 bits per heavy atom. The maximum absolute atomic E-state index is 5.68. The minimum absolute atomic E-state index is 0. The van der Waals surface area contributed by atoms with E-state index in [-0.39, 0.29) is 56.9 Å². The molecule has 5 nitrogen and oxygen atoms in total. The fourth-order valence-corrected chi connectivity index (χ4v) is 2.29. The van der Waals surface area contributed by atoms with Crippen LogP contribution in [0, 0.1) is 13.1 Å². The summed E-state index contributed by atoms with van der Waals surface area (Å²) in [6.07, 6.45) is 2.72. The molecule has 0 aliphatic heterocycles. The van der Waals surface area contributed by atoms with Gasteiger partial charge in [0.15, 0.2) is 10.1 Å². The van der Waals surface area contributed by atoms with E-state index in [1.54, 1.807) is 12.1 Å². The minimum Gasteiger partial charge on any atom is -0.490 e. The maximum atomic E-state index is 5.68. The Balaban J connectivity index is 0.00000121. The Kier molecular flexibility index (Phi) is 8.19. The van der Waals surface area contributed by atoms with E-state index < -0.39 is 0 Å². The second-order valence-corrected chi connectivity index (χ2v) is 5.01. The molecule has 3 rings (SSSR count). The summed E-state index contributed by atoms with van der Waals surface area (Å²) >= 11 is 1.39. The van der Waals surface area contributed by atoms with Gasteiger partial charge in [-0.15, -0.1) is 6.07 Å². The van der Waals surface area contributed by atoms with Crippen LogP contribution in [0.5, 0.6) is 21.9 Å². The van der Waals surface area contributed by atoms with Gasteiger partial charge in [0.2, 0.25) is 5.88 Å². The monoisotopic (exact) mass is 341 g/mol. The molecule has 0 unspecified atom stereocenters. The molecular formula is C15H14KN2O3S+. The Morgan fingerprint density at radius 3 is 2.27 bits per heavy atom. The van der Waals surface area contributed by atoms with Crippen LogP contribution in [0.25, 0.3) is 0 Å². The number of aromatic nitrogens is 2. The Morgan fingerprint density at radius 2 is 1.64 bits per heavy atom. The normalized spacial score (nSPS) is 9.32. The second-order valence-electron chi connectivity index (χ2n) is 4.00. The molecule has 0 fully saturated rings. The first-order valence-corrected chi connectivity index (χ1v) is 6.83. The molecule has 0 atom stereocenters. The fourth-order valence-electron chi connectivity index (χ4n) is 1.56. The molecule has 0 saturated heterocycles. The smallest absolute Gasteiger partial charge is 0.490 e. The van der Waals surface area contributed by atoms with Crippen molar-refractivity contribution in [2.45, 2.75) is 6.92 Å². The molecule has 22 heavy (non-hydrogen) atoms. The largest absolute Gasteiger partial charge is 1.00 e. The van der Waals surface area contributed by atoms with Crippen molar-refractivity contribution in [1.29, 1.82) is 0 Å². The number of aryl methyl sites for hydroxylation is 1.